The van der Waals surface area contributed by atoms with E-state index in [-0.39, 0.29) is 23.9 Å². The molecule has 1 aliphatic carbocycles. The first-order chi connectivity index (χ1) is 10.1. The van der Waals surface area contributed by atoms with Gasteiger partial charge in [-0.25, -0.2) is 0 Å². The van der Waals surface area contributed by atoms with E-state index in [1.54, 1.807) is 4.90 Å². The lowest BCUT2D eigenvalue weighted by molar-refractivity contribution is -0.153. The standard InChI is InChI=1S/C17H22N2O2/c1-3-11(2)19-15(13-7-5-4-6-8-13)16(20)18-14(17(19)21)12-9-10-12/h4-8,11-12,14-15H,3,9-10H2,1-2H3,(H,18,20). The van der Waals surface area contributed by atoms with E-state index < -0.39 is 6.04 Å². The van der Waals surface area contributed by atoms with E-state index in [0.717, 1.165) is 24.8 Å². The van der Waals surface area contributed by atoms with Gasteiger partial charge in [-0.15, -0.1) is 0 Å². The van der Waals surface area contributed by atoms with Gasteiger partial charge in [0.25, 0.3) is 0 Å². The van der Waals surface area contributed by atoms with Crippen LogP contribution in [0.4, 0.5) is 0 Å². The molecule has 2 amide bonds. The molecule has 2 fully saturated rings. The number of hydrogen-bond acceptors (Lipinski definition) is 2. The van der Waals surface area contributed by atoms with Crippen LogP contribution in [0.2, 0.25) is 0 Å². The van der Waals surface area contributed by atoms with Crippen molar-refractivity contribution in [1.29, 1.82) is 0 Å². The van der Waals surface area contributed by atoms with E-state index in [0.29, 0.717) is 5.92 Å². The summed E-state index contributed by atoms with van der Waals surface area (Å²) in [5.74, 6) is 0.378. The number of amides is 2. The zero-order valence-electron chi connectivity index (χ0n) is 12.6. The maximum Gasteiger partial charge on any atom is 0.248 e. The highest BCUT2D eigenvalue weighted by Gasteiger charge is 2.48. The molecule has 2 aliphatic rings. The van der Waals surface area contributed by atoms with Gasteiger partial charge in [0.15, 0.2) is 0 Å². The average Bonchev–Trinajstić information content (AvgIpc) is 3.33. The van der Waals surface area contributed by atoms with Gasteiger partial charge in [0, 0.05) is 6.04 Å². The quantitative estimate of drug-likeness (QED) is 0.923. The third-order valence-corrected chi connectivity index (χ3v) is 4.62. The molecular weight excluding hydrogens is 264 g/mol. The topological polar surface area (TPSA) is 49.4 Å². The maximum absolute atomic E-state index is 12.8. The normalized spacial score (nSPS) is 27.4. The van der Waals surface area contributed by atoms with Crippen molar-refractivity contribution in [3.63, 3.8) is 0 Å². The molecule has 0 spiro atoms. The fourth-order valence-electron chi connectivity index (χ4n) is 3.07. The fourth-order valence-corrected chi connectivity index (χ4v) is 3.07. The summed E-state index contributed by atoms with van der Waals surface area (Å²) in [6.07, 6.45) is 2.93. The van der Waals surface area contributed by atoms with Gasteiger partial charge in [-0.1, -0.05) is 37.3 Å². The van der Waals surface area contributed by atoms with Crippen molar-refractivity contribution in [3.05, 3.63) is 35.9 Å². The van der Waals surface area contributed by atoms with Gasteiger partial charge in [-0.3, -0.25) is 9.59 Å². The largest absolute Gasteiger partial charge is 0.342 e. The number of carbonyl (C=O) groups is 2. The Kier molecular flexibility index (Phi) is 3.70. The molecule has 3 atom stereocenters. The Morgan fingerprint density at radius 1 is 1.24 bits per heavy atom. The van der Waals surface area contributed by atoms with Gasteiger partial charge in [0.2, 0.25) is 11.8 Å². The van der Waals surface area contributed by atoms with Crippen LogP contribution in [0.1, 0.15) is 44.7 Å². The number of hydrogen-bond donors (Lipinski definition) is 1. The summed E-state index contributed by atoms with van der Waals surface area (Å²) >= 11 is 0. The van der Waals surface area contributed by atoms with Gasteiger partial charge in [-0.2, -0.15) is 0 Å². The van der Waals surface area contributed by atoms with Crippen molar-refractivity contribution in [3.8, 4) is 0 Å². The second kappa shape index (κ2) is 5.51. The van der Waals surface area contributed by atoms with Gasteiger partial charge in [0.05, 0.1) is 0 Å². The van der Waals surface area contributed by atoms with Gasteiger partial charge in [-0.05, 0) is 37.7 Å². The monoisotopic (exact) mass is 286 g/mol. The second-order valence-electron chi connectivity index (χ2n) is 6.14. The summed E-state index contributed by atoms with van der Waals surface area (Å²) in [7, 11) is 0. The first-order valence-electron chi connectivity index (χ1n) is 7.81. The number of carbonyl (C=O) groups excluding carboxylic acids is 2. The Morgan fingerprint density at radius 3 is 2.48 bits per heavy atom. The molecule has 1 aromatic carbocycles. The minimum Gasteiger partial charge on any atom is -0.342 e. The van der Waals surface area contributed by atoms with Crippen molar-refractivity contribution in [1.82, 2.24) is 10.2 Å². The van der Waals surface area contributed by atoms with Crippen LogP contribution in [0, 0.1) is 5.92 Å². The summed E-state index contributed by atoms with van der Waals surface area (Å²) < 4.78 is 0. The van der Waals surface area contributed by atoms with Crippen molar-refractivity contribution in [2.75, 3.05) is 0 Å². The smallest absolute Gasteiger partial charge is 0.248 e. The summed E-state index contributed by atoms with van der Waals surface area (Å²) in [6.45, 7) is 4.08. The van der Waals surface area contributed by atoms with E-state index in [2.05, 4.69) is 12.2 Å². The molecule has 21 heavy (non-hydrogen) atoms. The van der Waals surface area contributed by atoms with Gasteiger partial charge >= 0.3 is 0 Å². The van der Waals surface area contributed by atoms with Crippen LogP contribution in [0.5, 0.6) is 0 Å². The molecule has 4 nitrogen and oxygen atoms in total. The van der Waals surface area contributed by atoms with Gasteiger partial charge < -0.3 is 10.2 Å². The van der Waals surface area contributed by atoms with Crippen molar-refractivity contribution in [2.24, 2.45) is 5.92 Å². The number of rotatable bonds is 4. The van der Waals surface area contributed by atoms with Crippen molar-refractivity contribution < 1.29 is 9.59 Å². The van der Waals surface area contributed by atoms with Crippen molar-refractivity contribution in [2.45, 2.75) is 51.2 Å². The molecule has 112 valence electrons. The Morgan fingerprint density at radius 2 is 1.90 bits per heavy atom. The minimum absolute atomic E-state index is 0.0435. The average molecular weight is 286 g/mol. The molecule has 1 heterocycles. The number of benzene rings is 1. The Labute approximate surface area is 125 Å². The molecule has 0 aromatic heterocycles. The molecule has 3 rings (SSSR count). The summed E-state index contributed by atoms with van der Waals surface area (Å²) in [4.78, 5) is 27.3. The molecule has 4 heteroatoms. The van der Waals surface area contributed by atoms with E-state index in [4.69, 9.17) is 0 Å². The molecule has 3 unspecified atom stereocenters. The van der Waals surface area contributed by atoms with Crippen LogP contribution in [-0.2, 0) is 9.59 Å². The predicted octanol–water partition coefficient (Wildman–Crippen LogP) is 2.26. The summed E-state index contributed by atoms with van der Waals surface area (Å²) in [5, 5.41) is 2.96. The molecule has 1 saturated heterocycles. The van der Waals surface area contributed by atoms with Crippen LogP contribution < -0.4 is 5.32 Å². The van der Waals surface area contributed by atoms with E-state index in [9.17, 15) is 9.59 Å². The summed E-state index contributed by atoms with van der Waals surface area (Å²) in [5.41, 5.74) is 0.887. The lowest BCUT2D eigenvalue weighted by Gasteiger charge is -2.42. The van der Waals surface area contributed by atoms with Crippen molar-refractivity contribution >= 4 is 11.8 Å². The third kappa shape index (κ3) is 2.55. The Hall–Kier alpha value is -1.84. The number of piperazine rings is 1. The molecule has 1 aromatic rings. The van der Waals surface area contributed by atoms with E-state index in [1.807, 2.05) is 37.3 Å². The summed E-state index contributed by atoms with van der Waals surface area (Å²) in [6, 6.07) is 8.84. The first kappa shape index (κ1) is 14.1. The molecule has 0 radical (unpaired) electrons. The molecule has 1 saturated carbocycles. The van der Waals surface area contributed by atoms with Crippen LogP contribution in [0.25, 0.3) is 0 Å². The highest BCUT2D eigenvalue weighted by atomic mass is 16.2. The van der Waals surface area contributed by atoms with E-state index >= 15 is 0 Å². The highest BCUT2D eigenvalue weighted by Crippen LogP contribution is 2.38. The maximum atomic E-state index is 12.8. The molecule has 1 aliphatic heterocycles. The Bertz CT molecular complexity index is 539. The zero-order valence-corrected chi connectivity index (χ0v) is 12.6. The Balaban J connectivity index is 1.96. The molecule has 0 bridgehead atoms. The number of nitrogens with one attached hydrogen (secondary N) is 1. The van der Waals surface area contributed by atoms with Crippen LogP contribution in [0.3, 0.4) is 0 Å². The van der Waals surface area contributed by atoms with E-state index in [1.165, 1.54) is 0 Å². The first-order valence-corrected chi connectivity index (χ1v) is 7.81. The highest BCUT2D eigenvalue weighted by molar-refractivity contribution is 5.98. The second-order valence-corrected chi connectivity index (χ2v) is 6.14. The van der Waals surface area contributed by atoms with Crippen LogP contribution >= 0.6 is 0 Å². The lowest BCUT2D eigenvalue weighted by Crippen LogP contribution is -2.62. The fraction of sp³-hybridized carbons (Fsp3) is 0.529. The van der Waals surface area contributed by atoms with Crippen LogP contribution in [0.15, 0.2) is 30.3 Å². The van der Waals surface area contributed by atoms with Crippen LogP contribution in [-0.4, -0.2) is 28.8 Å². The number of nitrogens with zero attached hydrogens (tertiary/aromatic N) is 1. The molecule has 1 N–H and O–H groups in total. The zero-order chi connectivity index (χ0) is 15.0. The SMILES string of the molecule is CCC(C)N1C(=O)C(C2CC2)NC(=O)C1c1ccccc1. The lowest BCUT2D eigenvalue weighted by atomic mass is 9.95. The minimum atomic E-state index is -0.497. The third-order valence-electron chi connectivity index (χ3n) is 4.62. The molecular formula is C17H22N2O2. The van der Waals surface area contributed by atoms with Gasteiger partial charge in [0.1, 0.15) is 12.1 Å². The predicted molar refractivity (Wildman–Crippen MR) is 80.4 cm³/mol.